The van der Waals surface area contributed by atoms with E-state index in [1.165, 1.54) is 25.7 Å². The van der Waals surface area contributed by atoms with Crippen molar-refractivity contribution in [1.29, 1.82) is 0 Å². The summed E-state index contributed by atoms with van der Waals surface area (Å²) in [5, 5.41) is 0. The van der Waals surface area contributed by atoms with Gasteiger partial charge in [0.15, 0.2) is 0 Å². The Hall–Kier alpha value is 1.06. The van der Waals surface area contributed by atoms with Gasteiger partial charge in [-0.05, 0) is 0 Å². The van der Waals surface area contributed by atoms with Gasteiger partial charge in [-0.25, -0.2) is 0 Å². The minimum Gasteiger partial charge on any atom is -0.677 e. The molecule has 0 aromatic heterocycles. The molecule has 10 heavy (non-hydrogen) atoms. The average molecular weight is 214 g/mol. The van der Waals surface area contributed by atoms with Crippen molar-refractivity contribution in [3.63, 3.8) is 0 Å². The van der Waals surface area contributed by atoms with E-state index in [-0.39, 0.29) is 32.7 Å². The Bertz CT molecular complexity index is 85.3. The maximum atomic E-state index is 7.19. The van der Waals surface area contributed by atoms with Crippen LogP contribution in [-0.4, -0.2) is 6.54 Å². The summed E-state index contributed by atoms with van der Waals surface area (Å²) >= 11 is 0. The maximum Gasteiger partial charge on any atom is 0 e. The molecule has 0 bridgehead atoms. The van der Waals surface area contributed by atoms with E-state index in [0.29, 0.717) is 18.4 Å². The molecule has 1 nitrogen and oxygen atoms in total. The Kier molecular flexibility index (Phi) is 6.29. The van der Waals surface area contributed by atoms with Crippen LogP contribution in [0.1, 0.15) is 25.7 Å². The maximum absolute atomic E-state index is 7.19. The molecular weight excluding hydrogens is 199 g/mol. The van der Waals surface area contributed by atoms with Crippen LogP contribution in [0.4, 0.5) is 0 Å². The molecule has 0 aromatic carbocycles. The zero-order valence-corrected chi connectivity index (χ0v) is 9.31. The van der Waals surface area contributed by atoms with E-state index in [2.05, 4.69) is 6.92 Å². The van der Waals surface area contributed by atoms with Gasteiger partial charge in [0.1, 0.15) is 0 Å². The molecule has 0 heterocycles. The summed E-state index contributed by atoms with van der Waals surface area (Å²) in [5.74, 6) is 1.19. The Morgan fingerprint density at radius 2 is 1.90 bits per heavy atom. The third-order valence-corrected chi connectivity index (χ3v) is 2.33. The van der Waals surface area contributed by atoms with Gasteiger partial charge in [0.25, 0.3) is 0 Å². The molecular formula is C8H15NY-2. The zero-order chi connectivity index (χ0) is 6.69. The molecule has 1 radical (unpaired) electrons. The summed E-state index contributed by atoms with van der Waals surface area (Å²) in [7, 11) is 0. The SMILES string of the molecule is [CH2-]C1CCCCC1C[NH-].[Y]. The first-order chi connectivity index (χ1) is 4.34. The minimum atomic E-state index is 0. The molecule has 1 aliphatic carbocycles. The molecule has 2 atom stereocenters. The van der Waals surface area contributed by atoms with Gasteiger partial charge in [0.05, 0.1) is 0 Å². The molecule has 0 spiro atoms. The summed E-state index contributed by atoms with van der Waals surface area (Å²) in [6, 6.07) is 0. The van der Waals surface area contributed by atoms with Crippen molar-refractivity contribution in [3.8, 4) is 0 Å². The Balaban J connectivity index is 0.000000810. The minimum absolute atomic E-state index is 0. The van der Waals surface area contributed by atoms with E-state index in [4.69, 9.17) is 5.73 Å². The predicted molar refractivity (Wildman–Crippen MR) is 40.0 cm³/mol. The number of hydrogen-bond acceptors (Lipinski definition) is 0. The summed E-state index contributed by atoms with van der Waals surface area (Å²) in [6.45, 7) is 4.62. The monoisotopic (exact) mass is 214 g/mol. The first kappa shape index (κ1) is 11.1. The molecule has 2 unspecified atom stereocenters. The topological polar surface area (TPSA) is 23.8 Å². The molecule has 57 valence electrons. The fraction of sp³-hybridized carbons (Fsp3) is 0.875. The van der Waals surface area contributed by atoms with Crippen LogP contribution in [0.5, 0.6) is 0 Å². The molecule has 1 N–H and O–H groups in total. The second-order valence-corrected chi connectivity index (χ2v) is 3.01. The van der Waals surface area contributed by atoms with Gasteiger partial charge in [-0.2, -0.15) is 12.5 Å². The van der Waals surface area contributed by atoms with Crippen LogP contribution in [-0.2, 0) is 32.7 Å². The van der Waals surface area contributed by atoms with E-state index < -0.39 is 0 Å². The van der Waals surface area contributed by atoms with Crippen molar-refractivity contribution in [2.45, 2.75) is 25.7 Å². The van der Waals surface area contributed by atoms with Crippen LogP contribution in [0.2, 0.25) is 0 Å². The van der Waals surface area contributed by atoms with Crippen LogP contribution < -0.4 is 0 Å². The molecule has 2 heteroatoms. The molecule has 1 fully saturated rings. The van der Waals surface area contributed by atoms with E-state index >= 15 is 0 Å². The average Bonchev–Trinajstić information content (AvgIpc) is 1.89. The first-order valence-corrected chi connectivity index (χ1v) is 3.82. The van der Waals surface area contributed by atoms with Gasteiger partial charge in [0.2, 0.25) is 0 Å². The molecule has 1 rings (SSSR count). The quantitative estimate of drug-likeness (QED) is 0.599. The van der Waals surface area contributed by atoms with E-state index in [0.717, 1.165) is 0 Å². The Morgan fingerprint density at radius 1 is 1.30 bits per heavy atom. The normalized spacial score (nSPS) is 33.0. The molecule has 0 aliphatic heterocycles. The third-order valence-electron chi connectivity index (χ3n) is 2.33. The molecule has 0 aromatic rings. The zero-order valence-electron chi connectivity index (χ0n) is 6.47. The largest absolute Gasteiger partial charge is 0.677 e. The van der Waals surface area contributed by atoms with Crippen LogP contribution in [0.15, 0.2) is 0 Å². The summed E-state index contributed by atoms with van der Waals surface area (Å²) in [6.07, 6.45) is 5.17. The third kappa shape index (κ3) is 2.98. The van der Waals surface area contributed by atoms with Gasteiger partial charge < -0.3 is 12.7 Å². The molecule has 1 aliphatic rings. The van der Waals surface area contributed by atoms with Crippen molar-refractivity contribution in [2.24, 2.45) is 11.8 Å². The van der Waals surface area contributed by atoms with Crippen LogP contribution >= 0.6 is 0 Å². The van der Waals surface area contributed by atoms with E-state index in [1.807, 2.05) is 0 Å². The summed E-state index contributed by atoms with van der Waals surface area (Å²) < 4.78 is 0. The smallest absolute Gasteiger partial charge is 0 e. The van der Waals surface area contributed by atoms with Gasteiger partial charge in [-0.1, -0.05) is 31.6 Å². The molecule has 1 saturated carbocycles. The summed E-state index contributed by atoms with van der Waals surface area (Å²) in [4.78, 5) is 0. The standard InChI is InChI=1S/C8H15N.Y/c1-7-4-2-3-5-8(7)6-9;/h7-9H,1-6H2;/q-2;. The van der Waals surface area contributed by atoms with Gasteiger partial charge in [-0.15, -0.1) is 0 Å². The Labute approximate surface area is 89.0 Å². The van der Waals surface area contributed by atoms with Crippen molar-refractivity contribution >= 4 is 0 Å². The van der Waals surface area contributed by atoms with Crippen molar-refractivity contribution < 1.29 is 32.7 Å². The number of rotatable bonds is 1. The van der Waals surface area contributed by atoms with Crippen molar-refractivity contribution in [3.05, 3.63) is 12.7 Å². The van der Waals surface area contributed by atoms with Crippen LogP contribution in [0.3, 0.4) is 0 Å². The fourth-order valence-corrected chi connectivity index (χ4v) is 1.55. The number of nitrogens with one attached hydrogen (secondary N) is 1. The predicted octanol–water partition coefficient (Wildman–Crippen LogP) is 2.68. The molecule has 0 saturated heterocycles. The van der Waals surface area contributed by atoms with Gasteiger partial charge in [0, 0.05) is 32.7 Å². The van der Waals surface area contributed by atoms with Crippen molar-refractivity contribution in [2.75, 3.05) is 6.54 Å². The van der Waals surface area contributed by atoms with E-state index in [1.54, 1.807) is 0 Å². The first-order valence-electron chi connectivity index (χ1n) is 3.82. The second-order valence-electron chi connectivity index (χ2n) is 3.01. The van der Waals surface area contributed by atoms with Crippen molar-refractivity contribution in [1.82, 2.24) is 0 Å². The fourth-order valence-electron chi connectivity index (χ4n) is 1.55. The van der Waals surface area contributed by atoms with Crippen LogP contribution in [0, 0.1) is 18.8 Å². The summed E-state index contributed by atoms with van der Waals surface area (Å²) in [5.41, 5.74) is 7.19. The van der Waals surface area contributed by atoms with Gasteiger partial charge >= 0.3 is 0 Å². The number of hydrogen-bond donors (Lipinski definition) is 0. The molecule has 0 amide bonds. The van der Waals surface area contributed by atoms with Crippen LogP contribution in [0.25, 0.3) is 5.73 Å². The second kappa shape index (κ2) is 5.68. The Morgan fingerprint density at radius 3 is 2.30 bits per heavy atom. The van der Waals surface area contributed by atoms with E-state index in [9.17, 15) is 0 Å². The van der Waals surface area contributed by atoms with Gasteiger partial charge in [-0.3, -0.25) is 0 Å².